The molecule has 0 saturated heterocycles. The lowest BCUT2D eigenvalue weighted by molar-refractivity contribution is 0.405. The molecule has 1 nitrogen and oxygen atoms in total. The first-order valence-electron chi connectivity index (χ1n) is 7.57. The van der Waals surface area contributed by atoms with Crippen molar-refractivity contribution in [2.45, 2.75) is 25.9 Å². The molecular formula is C19H24OSi. The first-order valence-corrected chi connectivity index (χ1v) is 9.89. The monoisotopic (exact) mass is 296 g/mol. The number of hydrogen-bond acceptors (Lipinski definition) is 1. The maximum Gasteiger partial charge on any atom is 0.223 e. The third-order valence-electron chi connectivity index (χ3n) is 4.39. The lowest BCUT2D eigenvalue weighted by atomic mass is 10.00. The van der Waals surface area contributed by atoms with E-state index in [9.17, 15) is 0 Å². The third kappa shape index (κ3) is 3.17. The molecule has 0 aliphatic carbocycles. The molecular weight excluding hydrogens is 272 g/mol. The fraction of sp³-hybridized carbons (Fsp3) is 0.263. The quantitative estimate of drug-likeness (QED) is 0.709. The van der Waals surface area contributed by atoms with Crippen molar-refractivity contribution >= 4 is 19.1 Å². The van der Waals surface area contributed by atoms with Gasteiger partial charge in [0, 0.05) is 7.11 Å². The van der Waals surface area contributed by atoms with Gasteiger partial charge in [-0.1, -0.05) is 75.0 Å². The molecule has 0 spiro atoms. The summed E-state index contributed by atoms with van der Waals surface area (Å²) in [6.45, 7) is 8.74. The number of hydrogen-bond donors (Lipinski definition) is 0. The molecule has 0 fully saturated rings. The van der Waals surface area contributed by atoms with Crippen molar-refractivity contribution in [1.82, 2.24) is 0 Å². The standard InChI is InChI=1S/C19H24OSi/c1-5-21(6-2,20-4)19-14-10-13-18(15-19)16(3)17-11-8-7-9-12-17/h7-15H,3,5-6H2,1-2,4H3. The van der Waals surface area contributed by atoms with E-state index < -0.39 is 8.32 Å². The van der Waals surface area contributed by atoms with Crippen LogP contribution in [0.15, 0.2) is 61.2 Å². The minimum atomic E-state index is -1.81. The average molecular weight is 296 g/mol. The van der Waals surface area contributed by atoms with Crippen LogP contribution in [0.5, 0.6) is 0 Å². The summed E-state index contributed by atoms with van der Waals surface area (Å²) in [5.41, 5.74) is 3.44. The van der Waals surface area contributed by atoms with Crippen LogP contribution in [-0.4, -0.2) is 15.4 Å². The molecule has 0 N–H and O–H groups in total. The van der Waals surface area contributed by atoms with Crippen molar-refractivity contribution in [1.29, 1.82) is 0 Å². The molecule has 0 saturated carbocycles. The van der Waals surface area contributed by atoms with Crippen LogP contribution in [0.1, 0.15) is 25.0 Å². The lowest BCUT2D eigenvalue weighted by Crippen LogP contribution is -2.48. The molecule has 110 valence electrons. The first kappa shape index (κ1) is 15.7. The molecule has 0 aliphatic heterocycles. The maximum atomic E-state index is 5.97. The van der Waals surface area contributed by atoms with Crippen molar-refractivity contribution < 1.29 is 4.43 Å². The van der Waals surface area contributed by atoms with Crippen LogP contribution in [0.25, 0.3) is 5.57 Å². The largest absolute Gasteiger partial charge is 0.416 e. The van der Waals surface area contributed by atoms with E-state index >= 15 is 0 Å². The smallest absolute Gasteiger partial charge is 0.223 e. The van der Waals surface area contributed by atoms with Gasteiger partial charge in [0.25, 0.3) is 0 Å². The molecule has 0 heterocycles. The number of benzene rings is 2. The Morgan fingerprint density at radius 2 is 1.57 bits per heavy atom. The average Bonchev–Trinajstić information content (AvgIpc) is 2.57. The van der Waals surface area contributed by atoms with Gasteiger partial charge in [0.05, 0.1) is 0 Å². The summed E-state index contributed by atoms with van der Waals surface area (Å²) in [6.07, 6.45) is 0. The fourth-order valence-electron chi connectivity index (χ4n) is 2.86. The summed E-state index contributed by atoms with van der Waals surface area (Å²) in [5, 5.41) is 1.37. The Hall–Kier alpha value is -1.64. The van der Waals surface area contributed by atoms with E-state index in [1.54, 1.807) is 0 Å². The van der Waals surface area contributed by atoms with E-state index in [-0.39, 0.29) is 0 Å². The van der Waals surface area contributed by atoms with Gasteiger partial charge >= 0.3 is 0 Å². The second kappa shape index (κ2) is 6.88. The summed E-state index contributed by atoms with van der Waals surface area (Å²) in [7, 11) is 0.0462. The van der Waals surface area contributed by atoms with E-state index in [4.69, 9.17) is 4.43 Å². The molecule has 0 aromatic heterocycles. The molecule has 0 amide bonds. The molecule has 2 heteroatoms. The zero-order valence-corrected chi connectivity index (χ0v) is 14.2. The van der Waals surface area contributed by atoms with Crippen molar-refractivity contribution in [3.63, 3.8) is 0 Å². The lowest BCUT2D eigenvalue weighted by Gasteiger charge is -2.28. The van der Waals surface area contributed by atoms with E-state index in [1.165, 1.54) is 16.3 Å². The third-order valence-corrected chi connectivity index (χ3v) is 8.82. The first-order chi connectivity index (χ1) is 10.2. The van der Waals surface area contributed by atoms with Gasteiger partial charge in [-0.3, -0.25) is 0 Å². The fourth-order valence-corrected chi connectivity index (χ4v) is 5.81. The highest BCUT2D eigenvalue weighted by molar-refractivity contribution is 6.86. The van der Waals surface area contributed by atoms with Gasteiger partial charge in [-0.15, -0.1) is 0 Å². The van der Waals surface area contributed by atoms with Gasteiger partial charge in [-0.2, -0.15) is 0 Å². The van der Waals surface area contributed by atoms with E-state index in [1.807, 2.05) is 13.2 Å². The van der Waals surface area contributed by atoms with Crippen LogP contribution >= 0.6 is 0 Å². The Morgan fingerprint density at radius 1 is 0.952 bits per heavy atom. The van der Waals surface area contributed by atoms with Gasteiger partial charge in [-0.05, 0) is 34.0 Å². The zero-order chi connectivity index (χ0) is 15.3. The SMILES string of the molecule is C=C(c1ccccc1)c1cccc([Si](CC)(CC)OC)c1. The Bertz CT molecular complexity index is 592. The maximum absolute atomic E-state index is 5.97. The van der Waals surface area contributed by atoms with E-state index in [2.05, 4.69) is 69.0 Å². The molecule has 0 unspecified atom stereocenters. The second-order valence-electron chi connectivity index (χ2n) is 5.33. The predicted octanol–water partition coefficient (Wildman–Crippen LogP) is 4.59. The summed E-state index contributed by atoms with van der Waals surface area (Å²) in [5.74, 6) is 0. The highest BCUT2D eigenvalue weighted by Gasteiger charge is 2.32. The highest BCUT2D eigenvalue weighted by Crippen LogP contribution is 2.23. The Morgan fingerprint density at radius 3 is 2.14 bits per heavy atom. The molecule has 0 bridgehead atoms. The van der Waals surface area contributed by atoms with Gasteiger partial charge < -0.3 is 4.43 Å². The van der Waals surface area contributed by atoms with E-state index in [0.29, 0.717) is 0 Å². The molecule has 21 heavy (non-hydrogen) atoms. The normalized spacial score (nSPS) is 11.4. The molecule has 2 aromatic carbocycles. The minimum absolute atomic E-state index is 1.07. The second-order valence-corrected chi connectivity index (χ2v) is 9.72. The van der Waals surface area contributed by atoms with Crippen LogP contribution < -0.4 is 5.19 Å². The van der Waals surface area contributed by atoms with Crippen LogP contribution in [0.2, 0.25) is 12.1 Å². The molecule has 0 aliphatic rings. The Balaban J connectivity index is 2.40. The summed E-state index contributed by atoms with van der Waals surface area (Å²) >= 11 is 0. The highest BCUT2D eigenvalue weighted by atomic mass is 28.4. The Labute approximate surface area is 129 Å². The van der Waals surface area contributed by atoms with Crippen LogP contribution in [-0.2, 0) is 4.43 Å². The van der Waals surface area contributed by atoms with Crippen molar-refractivity contribution in [3.8, 4) is 0 Å². The van der Waals surface area contributed by atoms with Crippen molar-refractivity contribution in [2.24, 2.45) is 0 Å². The van der Waals surface area contributed by atoms with E-state index in [0.717, 1.165) is 17.7 Å². The molecule has 2 rings (SSSR count). The van der Waals surface area contributed by atoms with Gasteiger partial charge in [0.15, 0.2) is 0 Å². The topological polar surface area (TPSA) is 9.23 Å². The van der Waals surface area contributed by atoms with Gasteiger partial charge in [0.2, 0.25) is 8.32 Å². The van der Waals surface area contributed by atoms with Gasteiger partial charge in [0.1, 0.15) is 0 Å². The van der Waals surface area contributed by atoms with Crippen LogP contribution in [0.4, 0.5) is 0 Å². The zero-order valence-electron chi connectivity index (χ0n) is 13.2. The summed E-state index contributed by atoms with van der Waals surface area (Å²) in [4.78, 5) is 0. The Kier molecular flexibility index (Phi) is 5.15. The summed E-state index contributed by atoms with van der Waals surface area (Å²) in [6, 6.07) is 21.3. The number of rotatable bonds is 6. The minimum Gasteiger partial charge on any atom is -0.416 e. The van der Waals surface area contributed by atoms with Crippen molar-refractivity contribution in [3.05, 3.63) is 72.3 Å². The van der Waals surface area contributed by atoms with Crippen LogP contribution in [0.3, 0.4) is 0 Å². The van der Waals surface area contributed by atoms with Gasteiger partial charge in [-0.25, -0.2) is 0 Å². The van der Waals surface area contributed by atoms with Crippen LogP contribution in [0, 0.1) is 0 Å². The summed E-state index contributed by atoms with van der Waals surface area (Å²) < 4.78 is 5.97. The van der Waals surface area contributed by atoms with Crippen molar-refractivity contribution in [2.75, 3.05) is 7.11 Å². The molecule has 0 radical (unpaired) electrons. The predicted molar refractivity (Wildman–Crippen MR) is 94.4 cm³/mol. The molecule has 2 aromatic rings. The molecule has 0 atom stereocenters.